The summed E-state index contributed by atoms with van der Waals surface area (Å²) in [6.45, 7) is 6.84. The predicted octanol–water partition coefficient (Wildman–Crippen LogP) is 2.00. The highest BCUT2D eigenvalue weighted by Gasteiger charge is 2.47. The van der Waals surface area contributed by atoms with Crippen LogP contribution in [0.4, 0.5) is 0 Å². The molecule has 0 bridgehead atoms. The normalized spacial score (nSPS) is 30.5. The molecule has 4 nitrogen and oxygen atoms in total. The highest BCUT2D eigenvalue weighted by atomic mass is 16.5. The van der Waals surface area contributed by atoms with E-state index in [9.17, 15) is 5.11 Å². The molecule has 0 aliphatic carbocycles. The Bertz CT molecular complexity index is 280. The molecular weight excluding hydrogens is 244 g/mol. The van der Waals surface area contributed by atoms with Gasteiger partial charge in [-0.15, -0.1) is 0 Å². The van der Waals surface area contributed by atoms with Crippen LogP contribution < -0.4 is 0 Å². The highest BCUT2D eigenvalue weighted by molar-refractivity contribution is 4.98. The molecule has 2 aliphatic heterocycles. The molecule has 1 spiro atoms. The summed E-state index contributed by atoms with van der Waals surface area (Å²) in [6, 6.07) is 0. The second-order valence-electron chi connectivity index (χ2n) is 6.41. The minimum Gasteiger partial charge on any atom is -0.387 e. The van der Waals surface area contributed by atoms with E-state index in [1.54, 1.807) is 7.11 Å². The third kappa shape index (κ3) is 3.13. The van der Waals surface area contributed by atoms with Crippen LogP contribution in [-0.4, -0.2) is 49.8 Å². The molecule has 2 saturated heterocycles. The van der Waals surface area contributed by atoms with Crippen LogP contribution in [0.1, 0.15) is 39.5 Å². The second-order valence-corrected chi connectivity index (χ2v) is 6.41. The van der Waals surface area contributed by atoms with E-state index in [-0.39, 0.29) is 17.4 Å². The molecule has 0 amide bonds. The number of aliphatic hydroxyl groups is 1. The number of hydrogen-bond donors (Lipinski definition) is 1. The van der Waals surface area contributed by atoms with Crippen LogP contribution in [-0.2, 0) is 14.2 Å². The van der Waals surface area contributed by atoms with Gasteiger partial charge in [-0.05, 0) is 37.5 Å². The molecule has 2 heterocycles. The molecule has 2 fully saturated rings. The van der Waals surface area contributed by atoms with Crippen molar-refractivity contribution in [3.8, 4) is 0 Å². The van der Waals surface area contributed by atoms with Crippen LogP contribution >= 0.6 is 0 Å². The first-order chi connectivity index (χ1) is 9.02. The van der Waals surface area contributed by atoms with Crippen molar-refractivity contribution in [1.82, 2.24) is 0 Å². The Morgan fingerprint density at radius 3 is 2.58 bits per heavy atom. The number of ether oxygens (including phenoxy) is 3. The molecule has 19 heavy (non-hydrogen) atoms. The van der Waals surface area contributed by atoms with Crippen LogP contribution in [0.3, 0.4) is 0 Å². The summed E-state index contributed by atoms with van der Waals surface area (Å²) in [6.07, 6.45) is 3.74. The van der Waals surface area contributed by atoms with Gasteiger partial charge in [-0.3, -0.25) is 0 Å². The molecule has 2 rings (SSSR count). The zero-order valence-electron chi connectivity index (χ0n) is 12.5. The molecule has 2 unspecified atom stereocenters. The zero-order chi connectivity index (χ0) is 13.9. The van der Waals surface area contributed by atoms with E-state index in [4.69, 9.17) is 14.2 Å². The predicted molar refractivity (Wildman–Crippen MR) is 73.1 cm³/mol. The van der Waals surface area contributed by atoms with Gasteiger partial charge in [-0.25, -0.2) is 0 Å². The Morgan fingerprint density at radius 2 is 2.00 bits per heavy atom. The van der Waals surface area contributed by atoms with E-state index < -0.39 is 5.60 Å². The van der Waals surface area contributed by atoms with Crippen molar-refractivity contribution in [2.75, 3.05) is 33.5 Å². The summed E-state index contributed by atoms with van der Waals surface area (Å²) in [5.41, 5.74) is -0.818. The molecule has 2 atom stereocenters. The van der Waals surface area contributed by atoms with E-state index in [1.807, 2.05) is 0 Å². The minimum absolute atomic E-state index is 0.0716. The lowest BCUT2D eigenvalue weighted by atomic mass is 9.69. The van der Waals surface area contributed by atoms with Gasteiger partial charge in [0.15, 0.2) is 0 Å². The van der Waals surface area contributed by atoms with E-state index >= 15 is 0 Å². The van der Waals surface area contributed by atoms with Crippen LogP contribution in [0.2, 0.25) is 0 Å². The zero-order valence-corrected chi connectivity index (χ0v) is 12.5. The van der Waals surface area contributed by atoms with Crippen molar-refractivity contribution >= 4 is 0 Å². The molecule has 0 aromatic rings. The van der Waals surface area contributed by atoms with Gasteiger partial charge in [0.1, 0.15) is 0 Å². The molecule has 0 aromatic heterocycles. The van der Waals surface area contributed by atoms with Crippen molar-refractivity contribution in [3.63, 3.8) is 0 Å². The van der Waals surface area contributed by atoms with Crippen molar-refractivity contribution in [2.45, 2.75) is 50.7 Å². The molecule has 2 aliphatic rings. The topological polar surface area (TPSA) is 47.9 Å². The summed E-state index contributed by atoms with van der Waals surface area (Å²) in [4.78, 5) is 0. The van der Waals surface area contributed by atoms with Crippen LogP contribution in [0, 0.1) is 11.8 Å². The third-order valence-corrected chi connectivity index (χ3v) is 4.98. The number of rotatable bonds is 4. The van der Waals surface area contributed by atoms with Gasteiger partial charge < -0.3 is 19.3 Å². The first-order valence-corrected chi connectivity index (χ1v) is 7.45. The number of hydrogen-bond acceptors (Lipinski definition) is 4. The standard InChI is InChI=1S/C15H28O4/c1-12(2)15(16,11-17-3)13-4-7-19-14(10-13)5-8-18-9-6-14/h12-13,16H,4-11H2,1-3H3. The first-order valence-electron chi connectivity index (χ1n) is 7.45. The Morgan fingerprint density at radius 1 is 1.32 bits per heavy atom. The summed E-state index contributed by atoms with van der Waals surface area (Å²) >= 11 is 0. The lowest BCUT2D eigenvalue weighted by molar-refractivity contribution is -0.193. The fourth-order valence-corrected chi connectivity index (χ4v) is 3.53. The lowest BCUT2D eigenvalue weighted by Crippen LogP contribution is -2.54. The Balaban J connectivity index is 2.10. The monoisotopic (exact) mass is 272 g/mol. The Hall–Kier alpha value is -0.160. The van der Waals surface area contributed by atoms with Gasteiger partial charge in [-0.2, -0.15) is 0 Å². The van der Waals surface area contributed by atoms with E-state index in [0.29, 0.717) is 6.61 Å². The van der Waals surface area contributed by atoms with Crippen molar-refractivity contribution < 1.29 is 19.3 Å². The van der Waals surface area contributed by atoms with Crippen LogP contribution in [0.15, 0.2) is 0 Å². The molecule has 4 heteroatoms. The smallest absolute Gasteiger partial charge is 0.0932 e. The van der Waals surface area contributed by atoms with Gasteiger partial charge in [-0.1, -0.05) is 13.8 Å². The SMILES string of the molecule is COCC(O)(C(C)C)C1CCOC2(CCOCC2)C1. The number of methoxy groups -OCH3 is 1. The van der Waals surface area contributed by atoms with E-state index in [1.165, 1.54) is 0 Å². The third-order valence-electron chi connectivity index (χ3n) is 4.98. The van der Waals surface area contributed by atoms with Crippen LogP contribution in [0.5, 0.6) is 0 Å². The van der Waals surface area contributed by atoms with Gasteiger partial charge >= 0.3 is 0 Å². The van der Waals surface area contributed by atoms with Gasteiger partial charge in [0.2, 0.25) is 0 Å². The van der Waals surface area contributed by atoms with Crippen molar-refractivity contribution in [2.24, 2.45) is 11.8 Å². The maximum Gasteiger partial charge on any atom is 0.0932 e. The second kappa shape index (κ2) is 6.08. The van der Waals surface area contributed by atoms with Gasteiger partial charge in [0.25, 0.3) is 0 Å². The van der Waals surface area contributed by atoms with E-state index in [0.717, 1.165) is 45.5 Å². The molecule has 0 saturated carbocycles. The summed E-state index contributed by atoms with van der Waals surface area (Å²) < 4.78 is 16.8. The summed E-state index contributed by atoms with van der Waals surface area (Å²) in [7, 11) is 1.66. The lowest BCUT2D eigenvalue weighted by Gasteiger charge is -2.49. The molecule has 1 N–H and O–H groups in total. The quantitative estimate of drug-likeness (QED) is 0.850. The van der Waals surface area contributed by atoms with E-state index in [2.05, 4.69) is 13.8 Å². The minimum atomic E-state index is -0.746. The van der Waals surface area contributed by atoms with Gasteiger partial charge in [0, 0.05) is 26.9 Å². The van der Waals surface area contributed by atoms with Crippen molar-refractivity contribution in [1.29, 1.82) is 0 Å². The average Bonchev–Trinajstić information content (AvgIpc) is 2.39. The molecule has 0 radical (unpaired) electrons. The average molecular weight is 272 g/mol. The first kappa shape index (κ1) is 15.2. The van der Waals surface area contributed by atoms with Crippen molar-refractivity contribution in [3.05, 3.63) is 0 Å². The molecular formula is C15H28O4. The Labute approximate surface area is 116 Å². The van der Waals surface area contributed by atoms with Crippen LogP contribution in [0.25, 0.3) is 0 Å². The van der Waals surface area contributed by atoms with Gasteiger partial charge in [0.05, 0.1) is 17.8 Å². The molecule has 112 valence electrons. The fraction of sp³-hybridized carbons (Fsp3) is 1.00. The molecule has 0 aromatic carbocycles. The maximum absolute atomic E-state index is 11.0. The fourth-order valence-electron chi connectivity index (χ4n) is 3.53. The Kier molecular flexibility index (Phi) is 4.88. The summed E-state index contributed by atoms with van der Waals surface area (Å²) in [5, 5.41) is 11.0. The largest absolute Gasteiger partial charge is 0.387 e. The summed E-state index contributed by atoms with van der Waals surface area (Å²) in [5.74, 6) is 0.437. The highest BCUT2D eigenvalue weighted by Crippen LogP contribution is 2.43. The maximum atomic E-state index is 11.0.